The van der Waals surface area contributed by atoms with E-state index in [2.05, 4.69) is 0 Å². The van der Waals surface area contributed by atoms with Crippen molar-refractivity contribution in [3.8, 4) is 0 Å². The first-order valence-electron chi connectivity index (χ1n) is 6.35. The van der Waals surface area contributed by atoms with Crippen LogP contribution in [0.1, 0.15) is 18.4 Å². The molecule has 21 heavy (non-hydrogen) atoms. The molecule has 0 aliphatic carbocycles. The van der Waals surface area contributed by atoms with Crippen molar-refractivity contribution >= 4 is 11.8 Å². The summed E-state index contributed by atoms with van der Waals surface area (Å²) in [5.41, 5.74) is 3.95. The van der Waals surface area contributed by atoms with Crippen LogP contribution in [0, 0.1) is 5.82 Å². The molecule has 2 N–H and O–H groups in total. The van der Waals surface area contributed by atoms with Gasteiger partial charge in [0, 0.05) is 12.2 Å². The number of hydrogen-bond acceptors (Lipinski definition) is 3. The molecule has 0 radical (unpaired) electrons. The van der Waals surface area contributed by atoms with Gasteiger partial charge in [-0.15, -0.1) is 0 Å². The molecule has 116 valence electrons. The largest absolute Gasteiger partial charge is 0.445 e. The van der Waals surface area contributed by atoms with Gasteiger partial charge < -0.3 is 15.4 Å². The third-order valence-electron chi connectivity index (χ3n) is 3.28. The van der Waals surface area contributed by atoms with E-state index in [9.17, 15) is 22.4 Å². The minimum Gasteiger partial charge on any atom is -0.445 e. The molecule has 1 amide bonds. The highest BCUT2D eigenvalue weighted by molar-refractivity contribution is 5.65. The lowest BCUT2D eigenvalue weighted by Crippen LogP contribution is -2.41. The van der Waals surface area contributed by atoms with Crippen LogP contribution in [0.3, 0.4) is 0 Å². The molecule has 4 nitrogen and oxygen atoms in total. The van der Waals surface area contributed by atoms with Crippen LogP contribution in [0.4, 0.5) is 28.0 Å². The van der Waals surface area contributed by atoms with E-state index in [0.717, 1.165) is 6.07 Å². The van der Waals surface area contributed by atoms with Crippen LogP contribution >= 0.6 is 0 Å². The number of amides is 1. The molecule has 0 spiro atoms. The van der Waals surface area contributed by atoms with E-state index in [1.165, 1.54) is 6.07 Å². The Labute approximate surface area is 118 Å². The van der Waals surface area contributed by atoms with Crippen LogP contribution in [0.25, 0.3) is 0 Å². The predicted molar refractivity (Wildman–Crippen MR) is 67.3 cm³/mol. The molecule has 1 atom stereocenters. The number of carbonyl (C=O) groups is 1. The lowest BCUT2D eigenvalue weighted by Gasteiger charge is -2.33. The SMILES string of the molecule is NC(=O)O[C@@H]1CCCN(c2ccc(C(F)(F)F)c(F)c2)C1. The van der Waals surface area contributed by atoms with Crippen LogP contribution in [0.5, 0.6) is 0 Å². The molecule has 1 heterocycles. The van der Waals surface area contributed by atoms with Crippen LogP contribution in [0.15, 0.2) is 18.2 Å². The number of rotatable bonds is 2. The van der Waals surface area contributed by atoms with Crippen molar-refractivity contribution in [3.05, 3.63) is 29.6 Å². The molecular formula is C13H14F4N2O2. The maximum absolute atomic E-state index is 13.6. The number of anilines is 1. The van der Waals surface area contributed by atoms with Gasteiger partial charge in [-0.05, 0) is 31.0 Å². The van der Waals surface area contributed by atoms with Crippen molar-refractivity contribution in [2.24, 2.45) is 5.73 Å². The molecule has 1 aliphatic heterocycles. The number of nitrogens with two attached hydrogens (primary N) is 1. The fraction of sp³-hybridized carbons (Fsp3) is 0.462. The first-order chi connectivity index (χ1) is 9.77. The Morgan fingerprint density at radius 1 is 1.38 bits per heavy atom. The van der Waals surface area contributed by atoms with Crippen LogP contribution < -0.4 is 10.6 Å². The van der Waals surface area contributed by atoms with E-state index in [1.807, 2.05) is 0 Å². The molecule has 1 aromatic carbocycles. The van der Waals surface area contributed by atoms with Crippen molar-refractivity contribution in [2.45, 2.75) is 25.1 Å². The number of hydrogen-bond donors (Lipinski definition) is 1. The summed E-state index contributed by atoms with van der Waals surface area (Å²) in [6.07, 6.45) is -4.78. The summed E-state index contributed by atoms with van der Waals surface area (Å²) in [6.45, 7) is 0.817. The van der Waals surface area contributed by atoms with E-state index >= 15 is 0 Å². The molecule has 1 fully saturated rings. The van der Waals surface area contributed by atoms with E-state index in [1.54, 1.807) is 4.90 Å². The fourth-order valence-corrected chi connectivity index (χ4v) is 2.36. The van der Waals surface area contributed by atoms with E-state index in [4.69, 9.17) is 10.5 Å². The van der Waals surface area contributed by atoms with Crippen LogP contribution in [0.2, 0.25) is 0 Å². The second kappa shape index (κ2) is 5.79. The van der Waals surface area contributed by atoms with Crippen molar-refractivity contribution in [2.75, 3.05) is 18.0 Å². The number of halogens is 4. The zero-order chi connectivity index (χ0) is 15.6. The predicted octanol–water partition coefficient (Wildman–Crippen LogP) is 2.91. The second-order valence-electron chi connectivity index (χ2n) is 4.81. The average Bonchev–Trinajstić information content (AvgIpc) is 2.36. The highest BCUT2D eigenvalue weighted by Gasteiger charge is 2.34. The van der Waals surface area contributed by atoms with Gasteiger partial charge in [-0.3, -0.25) is 0 Å². The van der Waals surface area contributed by atoms with Crippen molar-refractivity contribution in [3.63, 3.8) is 0 Å². The first-order valence-corrected chi connectivity index (χ1v) is 6.35. The smallest absolute Gasteiger partial charge is 0.419 e. The maximum atomic E-state index is 13.6. The minimum absolute atomic E-state index is 0.272. The topological polar surface area (TPSA) is 55.6 Å². The van der Waals surface area contributed by atoms with Gasteiger partial charge in [0.05, 0.1) is 12.1 Å². The molecule has 0 unspecified atom stereocenters. The molecule has 2 rings (SSSR count). The third-order valence-corrected chi connectivity index (χ3v) is 3.28. The molecule has 1 aliphatic rings. The summed E-state index contributed by atoms with van der Waals surface area (Å²) < 4.78 is 55.9. The van der Waals surface area contributed by atoms with Gasteiger partial charge in [-0.25, -0.2) is 9.18 Å². The number of alkyl halides is 3. The van der Waals surface area contributed by atoms with Crippen LogP contribution in [-0.2, 0) is 10.9 Å². The molecule has 1 aromatic rings. The van der Waals surface area contributed by atoms with Crippen molar-refractivity contribution < 1.29 is 27.1 Å². The zero-order valence-corrected chi connectivity index (χ0v) is 11.0. The molecular weight excluding hydrogens is 292 g/mol. The molecule has 0 saturated carbocycles. The summed E-state index contributed by atoms with van der Waals surface area (Å²) in [6, 6.07) is 2.76. The quantitative estimate of drug-likeness (QED) is 0.855. The van der Waals surface area contributed by atoms with Crippen LogP contribution in [-0.4, -0.2) is 25.3 Å². The minimum atomic E-state index is -4.72. The van der Waals surface area contributed by atoms with E-state index < -0.39 is 29.8 Å². The van der Waals surface area contributed by atoms with E-state index in [-0.39, 0.29) is 6.54 Å². The summed E-state index contributed by atoms with van der Waals surface area (Å²) in [7, 11) is 0. The number of carbonyl (C=O) groups excluding carboxylic acids is 1. The zero-order valence-electron chi connectivity index (χ0n) is 11.0. The average molecular weight is 306 g/mol. The summed E-state index contributed by atoms with van der Waals surface area (Å²) in [5, 5.41) is 0. The standard InChI is InChI=1S/C13H14F4N2O2/c14-11-6-8(3-4-10(11)13(15,16)17)19-5-1-2-9(7-19)21-12(18)20/h3-4,6,9H,1-2,5,7H2,(H2,18,20)/t9-/m1/s1. The Morgan fingerprint density at radius 3 is 2.67 bits per heavy atom. The highest BCUT2D eigenvalue weighted by atomic mass is 19.4. The number of nitrogens with zero attached hydrogens (tertiary/aromatic N) is 1. The van der Waals surface area contributed by atoms with Gasteiger partial charge in [0.25, 0.3) is 0 Å². The number of benzene rings is 1. The van der Waals surface area contributed by atoms with Gasteiger partial charge >= 0.3 is 12.3 Å². The van der Waals surface area contributed by atoms with Gasteiger partial charge in [0.15, 0.2) is 0 Å². The Morgan fingerprint density at radius 2 is 2.10 bits per heavy atom. The number of ether oxygens (including phenoxy) is 1. The maximum Gasteiger partial charge on any atom is 0.419 e. The third kappa shape index (κ3) is 3.77. The summed E-state index contributed by atoms with van der Waals surface area (Å²) in [5.74, 6) is -1.32. The first kappa shape index (κ1) is 15.4. The summed E-state index contributed by atoms with van der Waals surface area (Å²) in [4.78, 5) is 12.4. The summed E-state index contributed by atoms with van der Waals surface area (Å²) >= 11 is 0. The van der Waals surface area contributed by atoms with Gasteiger partial charge in [-0.2, -0.15) is 13.2 Å². The Hall–Kier alpha value is -1.99. The fourth-order valence-electron chi connectivity index (χ4n) is 2.36. The number of primary amides is 1. The molecule has 1 saturated heterocycles. The molecule has 8 heteroatoms. The van der Waals surface area contributed by atoms with Crippen molar-refractivity contribution in [1.29, 1.82) is 0 Å². The lowest BCUT2D eigenvalue weighted by molar-refractivity contribution is -0.139. The van der Waals surface area contributed by atoms with E-state index in [0.29, 0.717) is 31.1 Å². The van der Waals surface area contributed by atoms with Crippen molar-refractivity contribution in [1.82, 2.24) is 0 Å². The Balaban J connectivity index is 2.15. The van der Waals surface area contributed by atoms with Gasteiger partial charge in [0.1, 0.15) is 11.9 Å². The number of piperidine rings is 1. The normalized spacial score (nSPS) is 19.4. The molecule has 0 bridgehead atoms. The second-order valence-corrected chi connectivity index (χ2v) is 4.81. The van der Waals surface area contributed by atoms with Gasteiger partial charge in [0.2, 0.25) is 0 Å². The molecule has 0 aromatic heterocycles. The monoisotopic (exact) mass is 306 g/mol. The lowest BCUT2D eigenvalue weighted by atomic mass is 10.1. The Bertz CT molecular complexity index is 533. The Kier molecular flexibility index (Phi) is 4.24. The highest BCUT2D eigenvalue weighted by Crippen LogP contribution is 2.33. The van der Waals surface area contributed by atoms with Gasteiger partial charge in [-0.1, -0.05) is 0 Å².